The third kappa shape index (κ3) is 5.87. The third-order valence-electron chi connectivity index (χ3n) is 4.91. The summed E-state index contributed by atoms with van der Waals surface area (Å²) in [6.45, 7) is 10.8. The van der Waals surface area contributed by atoms with Crippen LogP contribution in [0.5, 0.6) is 0 Å². The summed E-state index contributed by atoms with van der Waals surface area (Å²) >= 11 is 0. The highest BCUT2D eigenvalue weighted by molar-refractivity contribution is 5.91. The molecule has 1 aromatic heterocycles. The van der Waals surface area contributed by atoms with Gasteiger partial charge in [-0.3, -0.25) is 19.9 Å². The Labute approximate surface area is 165 Å². The molecule has 3 rings (SSSR count). The van der Waals surface area contributed by atoms with Gasteiger partial charge in [-0.2, -0.15) is 0 Å². The highest BCUT2D eigenvalue weighted by Crippen LogP contribution is 2.23. The zero-order valence-corrected chi connectivity index (χ0v) is 16.9. The number of nitrogens with zero attached hydrogens (tertiary/aromatic N) is 3. The molecular formula is C21H29FN4O2. The van der Waals surface area contributed by atoms with Crippen molar-refractivity contribution >= 4 is 11.8 Å². The fraction of sp³-hybridized carbons (Fsp3) is 0.524. The van der Waals surface area contributed by atoms with Crippen molar-refractivity contribution in [3.05, 3.63) is 47.4 Å². The Balaban J connectivity index is 1.47. The molecule has 0 atom stereocenters. The van der Waals surface area contributed by atoms with E-state index in [1.54, 1.807) is 6.07 Å². The lowest BCUT2D eigenvalue weighted by molar-refractivity contribution is -0.117. The van der Waals surface area contributed by atoms with E-state index >= 15 is 0 Å². The minimum absolute atomic E-state index is 0.0939. The van der Waals surface area contributed by atoms with Gasteiger partial charge < -0.3 is 4.52 Å². The van der Waals surface area contributed by atoms with Crippen LogP contribution >= 0.6 is 0 Å². The lowest BCUT2D eigenvalue weighted by atomic mass is 9.92. The number of amides is 1. The van der Waals surface area contributed by atoms with Crippen LogP contribution in [-0.2, 0) is 16.8 Å². The third-order valence-corrected chi connectivity index (χ3v) is 4.91. The summed E-state index contributed by atoms with van der Waals surface area (Å²) in [5, 5.41) is 6.82. The first-order valence-corrected chi connectivity index (χ1v) is 9.76. The summed E-state index contributed by atoms with van der Waals surface area (Å²) in [5.74, 6) is 0.0875. The SMILES string of the molecule is CC(C)(C)c1cc(NC(=O)CN2CCCN(Cc3ccc(F)cc3)CC2)on1. The molecule has 0 aliphatic carbocycles. The Morgan fingerprint density at radius 3 is 2.50 bits per heavy atom. The van der Waals surface area contributed by atoms with Crippen molar-refractivity contribution < 1.29 is 13.7 Å². The van der Waals surface area contributed by atoms with E-state index in [0.717, 1.165) is 50.4 Å². The van der Waals surface area contributed by atoms with Gasteiger partial charge in [0.15, 0.2) is 0 Å². The number of nitrogens with one attached hydrogen (secondary N) is 1. The first-order valence-electron chi connectivity index (χ1n) is 9.76. The molecule has 1 aliphatic heterocycles. The average Bonchev–Trinajstić information content (AvgIpc) is 2.99. The van der Waals surface area contributed by atoms with Crippen LogP contribution in [0.25, 0.3) is 0 Å². The van der Waals surface area contributed by atoms with E-state index in [-0.39, 0.29) is 17.1 Å². The topological polar surface area (TPSA) is 61.6 Å². The molecule has 0 saturated carbocycles. The number of hydrogen-bond donors (Lipinski definition) is 1. The zero-order chi connectivity index (χ0) is 20.1. The van der Waals surface area contributed by atoms with Crippen LogP contribution in [0.15, 0.2) is 34.9 Å². The normalized spacial score (nSPS) is 16.7. The zero-order valence-electron chi connectivity index (χ0n) is 16.9. The van der Waals surface area contributed by atoms with Gasteiger partial charge in [0, 0.05) is 31.1 Å². The van der Waals surface area contributed by atoms with E-state index in [4.69, 9.17) is 4.52 Å². The van der Waals surface area contributed by atoms with Crippen LogP contribution in [-0.4, -0.2) is 53.6 Å². The van der Waals surface area contributed by atoms with E-state index in [9.17, 15) is 9.18 Å². The van der Waals surface area contributed by atoms with Crippen molar-refractivity contribution in [1.82, 2.24) is 15.0 Å². The number of hydrogen-bond acceptors (Lipinski definition) is 5. The molecule has 28 heavy (non-hydrogen) atoms. The van der Waals surface area contributed by atoms with E-state index in [0.29, 0.717) is 12.4 Å². The largest absolute Gasteiger partial charge is 0.338 e. The minimum atomic E-state index is -0.210. The summed E-state index contributed by atoms with van der Waals surface area (Å²) in [6, 6.07) is 8.44. The maximum absolute atomic E-state index is 13.0. The molecule has 6 nitrogen and oxygen atoms in total. The first-order chi connectivity index (χ1) is 13.3. The van der Waals surface area contributed by atoms with E-state index in [1.807, 2.05) is 32.9 Å². The summed E-state index contributed by atoms with van der Waals surface area (Å²) in [6.07, 6.45) is 0.991. The Kier molecular flexibility index (Phi) is 6.46. The molecule has 0 bridgehead atoms. The van der Waals surface area contributed by atoms with Gasteiger partial charge in [0.2, 0.25) is 11.8 Å². The second-order valence-electron chi connectivity index (χ2n) is 8.41. The number of aromatic nitrogens is 1. The maximum Gasteiger partial charge on any atom is 0.240 e. The van der Waals surface area contributed by atoms with Crippen LogP contribution in [0.1, 0.15) is 38.4 Å². The monoisotopic (exact) mass is 388 g/mol. The molecule has 1 fully saturated rings. The maximum atomic E-state index is 13.0. The predicted octanol–water partition coefficient (Wildman–Crippen LogP) is 3.26. The van der Waals surface area contributed by atoms with Gasteiger partial charge in [-0.05, 0) is 37.2 Å². The highest BCUT2D eigenvalue weighted by Gasteiger charge is 2.21. The van der Waals surface area contributed by atoms with Crippen LogP contribution in [0, 0.1) is 5.82 Å². The number of benzene rings is 1. The van der Waals surface area contributed by atoms with Crippen molar-refractivity contribution in [2.24, 2.45) is 0 Å². The van der Waals surface area contributed by atoms with Gasteiger partial charge in [-0.25, -0.2) is 4.39 Å². The molecule has 0 spiro atoms. The fourth-order valence-electron chi connectivity index (χ4n) is 3.26. The molecule has 1 aliphatic rings. The molecule has 7 heteroatoms. The van der Waals surface area contributed by atoms with Gasteiger partial charge in [0.25, 0.3) is 0 Å². The van der Waals surface area contributed by atoms with Crippen molar-refractivity contribution in [3.8, 4) is 0 Å². The Morgan fingerprint density at radius 2 is 1.82 bits per heavy atom. The Morgan fingerprint density at radius 1 is 1.14 bits per heavy atom. The van der Waals surface area contributed by atoms with Gasteiger partial charge in [-0.1, -0.05) is 38.1 Å². The number of carbonyl (C=O) groups is 1. The van der Waals surface area contributed by atoms with Gasteiger partial charge in [0.1, 0.15) is 5.82 Å². The van der Waals surface area contributed by atoms with Gasteiger partial charge >= 0.3 is 0 Å². The number of carbonyl (C=O) groups excluding carboxylic acids is 1. The smallest absolute Gasteiger partial charge is 0.240 e. The highest BCUT2D eigenvalue weighted by atomic mass is 19.1. The lowest BCUT2D eigenvalue weighted by Gasteiger charge is -2.21. The molecule has 152 valence electrons. The molecule has 1 saturated heterocycles. The molecule has 1 N–H and O–H groups in total. The molecule has 2 heterocycles. The van der Waals surface area contributed by atoms with Gasteiger partial charge in [0.05, 0.1) is 12.2 Å². The average molecular weight is 388 g/mol. The summed E-state index contributed by atoms with van der Waals surface area (Å²) in [4.78, 5) is 16.9. The first kappa shape index (κ1) is 20.5. The molecular weight excluding hydrogens is 359 g/mol. The number of halogens is 1. The second kappa shape index (κ2) is 8.84. The van der Waals surface area contributed by atoms with E-state index < -0.39 is 0 Å². The molecule has 2 aromatic rings. The predicted molar refractivity (Wildman–Crippen MR) is 107 cm³/mol. The van der Waals surface area contributed by atoms with Crippen molar-refractivity contribution in [2.45, 2.75) is 39.2 Å². The number of anilines is 1. The lowest BCUT2D eigenvalue weighted by Crippen LogP contribution is -2.36. The molecule has 1 amide bonds. The second-order valence-corrected chi connectivity index (χ2v) is 8.41. The van der Waals surface area contributed by atoms with E-state index in [1.165, 1.54) is 12.1 Å². The van der Waals surface area contributed by atoms with Gasteiger partial charge in [-0.15, -0.1) is 0 Å². The summed E-state index contributed by atoms with van der Waals surface area (Å²) in [5.41, 5.74) is 1.80. The van der Waals surface area contributed by atoms with Crippen molar-refractivity contribution in [3.63, 3.8) is 0 Å². The minimum Gasteiger partial charge on any atom is -0.338 e. The van der Waals surface area contributed by atoms with E-state index in [2.05, 4.69) is 20.3 Å². The van der Waals surface area contributed by atoms with Crippen LogP contribution < -0.4 is 5.32 Å². The fourth-order valence-corrected chi connectivity index (χ4v) is 3.26. The van der Waals surface area contributed by atoms with Crippen LogP contribution in [0.2, 0.25) is 0 Å². The summed E-state index contributed by atoms with van der Waals surface area (Å²) < 4.78 is 18.3. The van der Waals surface area contributed by atoms with Crippen molar-refractivity contribution in [2.75, 3.05) is 38.0 Å². The standard InChI is InChI=1S/C21H29FN4O2/c1-21(2,3)18-13-20(28-24-18)23-19(27)15-26-10-4-9-25(11-12-26)14-16-5-7-17(22)8-6-16/h5-8,13H,4,9-12,14-15H2,1-3H3,(H,23,27). The Bertz CT molecular complexity index is 782. The Hall–Kier alpha value is -2.25. The molecule has 1 aromatic carbocycles. The summed E-state index contributed by atoms with van der Waals surface area (Å²) in [7, 11) is 0. The van der Waals surface area contributed by atoms with Crippen LogP contribution in [0.4, 0.5) is 10.3 Å². The molecule has 0 unspecified atom stereocenters. The van der Waals surface area contributed by atoms with Crippen molar-refractivity contribution in [1.29, 1.82) is 0 Å². The number of rotatable bonds is 5. The van der Waals surface area contributed by atoms with Crippen LogP contribution in [0.3, 0.4) is 0 Å². The molecule has 0 radical (unpaired) electrons. The quantitative estimate of drug-likeness (QED) is 0.852.